The second-order valence-corrected chi connectivity index (χ2v) is 16.2. The topological polar surface area (TPSA) is 143 Å². The third-order valence-electron chi connectivity index (χ3n) is 5.34. The minimum Gasteiger partial charge on any atom is -0.449 e. The summed E-state index contributed by atoms with van der Waals surface area (Å²) in [7, 11) is 0. The van der Waals surface area contributed by atoms with Gasteiger partial charge >= 0.3 is 0 Å². The van der Waals surface area contributed by atoms with E-state index in [2.05, 4.69) is 57.6 Å². The van der Waals surface area contributed by atoms with E-state index in [0.717, 1.165) is 66.1 Å². The molecule has 0 bridgehead atoms. The van der Waals surface area contributed by atoms with Crippen molar-refractivity contribution in [1.82, 2.24) is 39.9 Å². The monoisotopic (exact) mass is 814 g/mol. The summed E-state index contributed by atoms with van der Waals surface area (Å²) in [5.74, 6) is 3.20. The summed E-state index contributed by atoms with van der Waals surface area (Å²) in [5, 5.41) is 12.7. The Morgan fingerprint density at radius 3 is 1.30 bits per heavy atom. The summed E-state index contributed by atoms with van der Waals surface area (Å²) in [6.45, 7) is 25.4. The number of hydrogen-bond donors (Lipinski definition) is 0. The number of thiazole rings is 5. The fourth-order valence-electron chi connectivity index (χ4n) is 3.20. The number of nitrogens with zero attached hydrogens (tertiary/aromatic N) is 8. The van der Waals surface area contributed by atoms with E-state index >= 15 is 0 Å². The van der Waals surface area contributed by atoms with Gasteiger partial charge in [-0.25, -0.2) is 29.9 Å². The van der Waals surface area contributed by atoms with Crippen LogP contribution in [0.4, 0.5) is 0 Å². The Bertz CT molecular complexity index is 1610. The SMILES string of the molecule is Cc1cnc(C)o1.Cc1cnc(C)s1.Cc1cnco1.Cc1coc(C)n1.Cc1csc(C)n1.Cc1csc(C)n1.Cc1cscn1.Cc1nccs1. The molecule has 16 heteroatoms. The van der Waals surface area contributed by atoms with E-state index in [1.54, 1.807) is 81.5 Å². The molecule has 0 spiro atoms. The molecule has 8 aromatic rings. The van der Waals surface area contributed by atoms with Gasteiger partial charge in [-0.2, -0.15) is 0 Å². The maximum atomic E-state index is 4.97. The van der Waals surface area contributed by atoms with Crippen molar-refractivity contribution in [2.45, 2.75) is 90.0 Å². The van der Waals surface area contributed by atoms with Gasteiger partial charge in [0, 0.05) is 69.7 Å². The summed E-state index contributed by atoms with van der Waals surface area (Å²) in [4.78, 5) is 32.9. The first-order valence-electron chi connectivity index (χ1n) is 16.1. The van der Waals surface area contributed by atoms with Crippen molar-refractivity contribution in [2.24, 2.45) is 0 Å². The van der Waals surface area contributed by atoms with Gasteiger partial charge in [-0.1, -0.05) is 0 Å². The summed E-state index contributed by atoms with van der Waals surface area (Å²) < 4.78 is 14.5. The number of aromatic nitrogens is 8. The molecule has 8 rings (SSSR count). The molecule has 11 nitrogen and oxygen atoms in total. The fourth-order valence-corrected chi connectivity index (χ4v) is 6.04. The van der Waals surface area contributed by atoms with E-state index in [1.807, 2.05) is 106 Å². The second-order valence-electron chi connectivity index (χ2n) is 10.8. The van der Waals surface area contributed by atoms with Crippen molar-refractivity contribution < 1.29 is 13.3 Å². The van der Waals surface area contributed by atoms with E-state index in [-0.39, 0.29) is 0 Å². The van der Waals surface area contributed by atoms with Crippen LogP contribution in [0, 0.1) is 90.0 Å². The lowest BCUT2D eigenvalue weighted by Gasteiger charge is -1.73. The third-order valence-corrected chi connectivity index (χ3v) is 9.36. The first-order valence-corrected chi connectivity index (χ1v) is 20.5. The van der Waals surface area contributed by atoms with Gasteiger partial charge in [-0.05, 0) is 76.2 Å². The minimum atomic E-state index is 0.734. The summed E-state index contributed by atoms with van der Waals surface area (Å²) >= 11 is 8.41. The molecule has 0 radical (unpaired) electrons. The molecule has 0 saturated heterocycles. The van der Waals surface area contributed by atoms with Gasteiger partial charge in [0.05, 0.1) is 43.6 Å². The molecule has 0 unspecified atom stereocenters. The van der Waals surface area contributed by atoms with Crippen LogP contribution in [-0.2, 0) is 0 Å². The average Bonchev–Trinajstić information content (AvgIpc) is 3.93. The van der Waals surface area contributed by atoms with Crippen LogP contribution in [0.3, 0.4) is 0 Å². The lowest BCUT2D eigenvalue weighted by Crippen LogP contribution is -1.67. The van der Waals surface area contributed by atoms with Gasteiger partial charge < -0.3 is 13.3 Å². The number of oxazole rings is 3. The summed E-state index contributed by atoms with van der Waals surface area (Å²) in [5.41, 5.74) is 6.14. The molecule has 0 aliphatic rings. The normalized spacial score (nSPS) is 9.23. The Labute approximate surface area is 333 Å². The molecule has 53 heavy (non-hydrogen) atoms. The molecule has 0 amide bonds. The smallest absolute Gasteiger partial charge is 0.191 e. The van der Waals surface area contributed by atoms with E-state index in [4.69, 9.17) is 13.3 Å². The van der Waals surface area contributed by atoms with Crippen LogP contribution in [0.1, 0.15) is 71.0 Å². The van der Waals surface area contributed by atoms with Crippen molar-refractivity contribution in [3.63, 3.8) is 0 Å². The van der Waals surface area contributed by atoms with Crippen molar-refractivity contribution in [3.05, 3.63) is 135 Å². The van der Waals surface area contributed by atoms with Gasteiger partial charge in [0.15, 0.2) is 18.2 Å². The molecule has 286 valence electrons. The predicted octanol–water partition coefficient (Wildman–Crippen LogP) is 11.7. The Morgan fingerprint density at radius 2 is 1.17 bits per heavy atom. The molecule has 0 atom stereocenters. The van der Waals surface area contributed by atoms with Crippen LogP contribution >= 0.6 is 56.7 Å². The van der Waals surface area contributed by atoms with Crippen LogP contribution < -0.4 is 0 Å². The van der Waals surface area contributed by atoms with Gasteiger partial charge in [-0.15, -0.1) is 56.7 Å². The maximum Gasteiger partial charge on any atom is 0.191 e. The molecule has 0 aliphatic carbocycles. The summed E-state index contributed by atoms with van der Waals surface area (Å²) in [6.07, 6.45) is 10.1. The number of rotatable bonds is 0. The van der Waals surface area contributed by atoms with Crippen molar-refractivity contribution in [3.8, 4) is 0 Å². The van der Waals surface area contributed by atoms with Crippen LogP contribution in [-0.4, -0.2) is 39.9 Å². The highest BCUT2D eigenvalue weighted by molar-refractivity contribution is 7.11. The van der Waals surface area contributed by atoms with Crippen molar-refractivity contribution >= 4 is 56.7 Å². The maximum absolute atomic E-state index is 4.97. The van der Waals surface area contributed by atoms with Crippen molar-refractivity contribution in [2.75, 3.05) is 0 Å². The van der Waals surface area contributed by atoms with E-state index in [1.165, 1.54) is 11.3 Å². The van der Waals surface area contributed by atoms with Crippen LogP contribution in [0.5, 0.6) is 0 Å². The highest BCUT2D eigenvalue weighted by Crippen LogP contribution is 2.08. The van der Waals surface area contributed by atoms with Crippen LogP contribution in [0.15, 0.2) is 77.7 Å². The Kier molecular flexibility index (Phi) is 24.2. The summed E-state index contributed by atoms with van der Waals surface area (Å²) in [6, 6.07) is 0. The molecule has 8 heterocycles. The zero-order valence-electron chi connectivity index (χ0n) is 32.7. The van der Waals surface area contributed by atoms with Crippen molar-refractivity contribution in [1.29, 1.82) is 0 Å². The first-order chi connectivity index (χ1) is 25.1. The molecule has 0 saturated carbocycles. The fraction of sp³-hybridized carbons (Fsp3) is 0.351. The van der Waals surface area contributed by atoms with E-state index in [9.17, 15) is 0 Å². The average molecular weight is 815 g/mol. The van der Waals surface area contributed by atoms with E-state index in [0.29, 0.717) is 0 Å². The highest BCUT2D eigenvalue weighted by atomic mass is 32.1. The van der Waals surface area contributed by atoms with Gasteiger partial charge in [0.2, 0.25) is 0 Å². The number of aryl methyl sites for hydroxylation is 13. The quantitative estimate of drug-likeness (QED) is 0.144. The molecule has 0 N–H and O–H groups in total. The van der Waals surface area contributed by atoms with E-state index < -0.39 is 0 Å². The molecule has 0 aromatic carbocycles. The minimum absolute atomic E-state index is 0.734. The highest BCUT2D eigenvalue weighted by Gasteiger charge is 1.89. The largest absolute Gasteiger partial charge is 0.449 e. The van der Waals surface area contributed by atoms with Gasteiger partial charge in [-0.3, -0.25) is 9.97 Å². The van der Waals surface area contributed by atoms with Crippen LogP contribution in [0.2, 0.25) is 0 Å². The Hall–Kier alpha value is -4.22. The molecule has 8 aromatic heterocycles. The molecule has 0 aliphatic heterocycles. The lowest BCUT2D eigenvalue weighted by molar-refractivity contribution is 0.494. The molecular weight excluding hydrogens is 765 g/mol. The lowest BCUT2D eigenvalue weighted by atomic mass is 10.6. The van der Waals surface area contributed by atoms with Gasteiger partial charge in [0.25, 0.3) is 0 Å². The van der Waals surface area contributed by atoms with Gasteiger partial charge in [0.1, 0.15) is 17.8 Å². The van der Waals surface area contributed by atoms with Crippen LogP contribution in [0.25, 0.3) is 0 Å². The molecular formula is C37H50N8O3S5. The Morgan fingerprint density at radius 1 is 0.509 bits per heavy atom. The second kappa shape index (κ2) is 27.4. The Balaban J connectivity index is 0.000000303. The molecule has 0 fully saturated rings. The zero-order chi connectivity index (χ0) is 39.6. The predicted molar refractivity (Wildman–Crippen MR) is 222 cm³/mol. The third kappa shape index (κ3) is 26.2. The zero-order valence-corrected chi connectivity index (χ0v) is 36.8. The first kappa shape index (κ1) is 46.8. The standard InChI is InChI=1S/2C5H7NO.3C5H7NS.C4H5NO.2C4H5NS/c1-4-3-7-5(2)6-4;1-4-3-6-5(2)7-4;2*1-4-3-7-5(2)6-4;1-4-3-6-5(2)7-4;1-4-2-5-3-6-4;1-4-2-6-3-5-4;1-4-5-2-3-6-4/h5*3H,1-2H3;3*2-3H,1H3. The number of hydrogen-bond acceptors (Lipinski definition) is 16.